The van der Waals surface area contributed by atoms with Gasteiger partial charge in [-0.2, -0.15) is 0 Å². The van der Waals surface area contributed by atoms with Gasteiger partial charge in [0.2, 0.25) is 5.91 Å². The largest absolute Gasteiger partial charge is 0.355 e. The predicted octanol–water partition coefficient (Wildman–Crippen LogP) is 1.13. The zero-order valence-electron chi connectivity index (χ0n) is 9.75. The van der Waals surface area contributed by atoms with Gasteiger partial charge in [0.1, 0.15) is 0 Å². The second-order valence-corrected chi connectivity index (χ2v) is 5.68. The standard InChI is InChI=1S/C12H22N2O/c1-8-4-12(5-8,7-13)11(15)14-6-10-3-9(10)2/h8-10H,3-7,13H2,1-2H3,(H,14,15). The molecule has 0 bridgehead atoms. The molecular weight excluding hydrogens is 188 g/mol. The van der Waals surface area contributed by atoms with Crippen LogP contribution in [0, 0.1) is 23.2 Å². The van der Waals surface area contributed by atoms with Crippen molar-refractivity contribution in [1.82, 2.24) is 5.32 Å². The van der Waals surface area contributed by atoms with Gasteiger partial charge in [0.25, 0.3) is 0 Å². The molecule has 2 rings (SSSR count). The van der Waals surface area contributed by atoms with E-state index in [1.165, 1.54) is 6.42 Å². The van der Waals surface area contributed by atoms with Gasteiger partial charge in [-0.25, -0.2) is 0 Å². The molecule has 0 saturated heterocycles. The Labute approximate surface area is 91.8 Å². The van der Waals surface area contributed by atoms with Crippen molar-refractivity contribution in [2.24, 2.45) is 28.9 Å². The number of rotatable bonds is 4. The molecule has 2 saturated carbocycles. The van der Waals surface area contributed by atoms with Crippen molar-refractivity contribution in [3.8, 4) is 0 Å². The first-order chi connectivity index (χ1) is 7.07. The Hall–Kier alpha value is -0.570. The highest BCUT2D eigenvalue weighted by Gasteiger charge is 2.47. The van der Waals surface area contributed by atoms with Gasteiger partial charge >= 0.3 is 0 Å². The summed E-state index contributed by atoms with van der Waals surface area (Å²) in [6, 6.07) is 0. The van der Waals surface area contributed by atoms with Crippen LogP contribution < -0.4 is 11.1 Å². The molecule has 0 aromatic carbocycles. The Morgan fingerprint density at radius 1 is 1.47 bits per heavy atom. The Morgan fingerprint density at radius 2 is 2.07 bits per heavy atom. The van der Waals surface area contributed by atoms with Crippen molar-refractivity contribution < 1.29 is 4.79 Å². The van der Waals surface area contributed by atoms with Crippen LogP contribution in [-0.4, -0.2) is 19.0 Å². The average molecular weight is 210 g/mol. The van der Waals surface area contributed by atoms with Crippen molar-refractivity contribution in [1.29, 1.82) is 0 Å². The lowest BCUT2D eigenvalue weighted by Crippen LogP contribution is -2.53. The maximum Gasteiger partial charge on any atom is 0.227 e. The van der Waals surface area contributed by atoms with Crippen LogP contribution in [0.2, 0.25) is 0 Å². The predicted molar refractivity (Wildman–Crippen MR) is 60.2 cm³/mol. The summed E-state index contributed by atoms with van der Waals surface area (Å²) < 4.78 is 0. The first-order valence-electron chi connectivity index (χ1n) is 6.06. The number of carbonyl (C=O) groups excluding carboxylic acids is 1. The summed E-state index contributed by atoms with van der Waals surface area (Å²) in [4.78, 5) is 12.0. The molecular formula is C12H22N2O. The van der Waals surface area contributed by atoms with Crippen molar-refractivity contribution in [2.75, 3.05) is 13.1 Å². The van der Waals surface area contributed by atoms with Gasteiger partial charge in [-0.1, -0.05) is 13.8 Å². The molecule has 0 spiro atoms. The molecule has 2 unspecified atom stereocenters. The molecule has 1 amide bonds. The van der Waals surface area contributed by atoms with E-state index in [1.807, 2.05) is 0 Å². The van der Waals surface area contributed by atoms with Gasteiger partial charge in [-0.3, -0.25) is 4.79 Å². The fourth-order valence-electron chi connectivity index (χ4n) is 2.81. The minimum atomic E-state index is -0.225. The number of hydrogen-bond acceptors (Lipinski definition) is 2. The van der Waals surface area contributed by atoms with Gasteiger partial charge in [0, 0.05) is 13.1 Å². The van der Waals surface area contributed by atoms with Crippen molar-refractivity contribution in [3.05, 3.63) is 0 Å². The van der Waals surface area contributed by atoms with E-state index in [0.717, 1.165) is 31.2 Å². The number of nitrogens with two attached hydrogens (primary N) is 1. The normalized spacial score (nSPS) is 43.3. The molecule has 2 aliphatic carbocycles. The summed E-state index contributed by atoms with van der Waals surface area (Å²) in [6.45, 7) is 5.78. The van der Waals surface area contributed by atoms with E-state index in [0.29, 0.717) is 12.5 Å². The molecule has 0 heterocycles. The first kappa shape index (κ1) is 10.9. The number of amides is 1. The molecule has 3 heteroatoms. The quantitative estimate of drug-likeness (QED) is 0.731. The van der Waals surface area contributed by atoms with Crippen LogP contribution in [0.15, 0.2) is 0 Å². The fourth-order valence-corrected chi connectivity index (χ4v) is 2.81. The monoisotopic (exact) mass is 210 g/mol. The van der Waals surface area contributed by atoms with Crippen molar-refractivity contribution >= 4 is 5.91 Å². The zero-order chi connectivity index (χ0) is 11.1. The number of carbonyl (C=O) groups is 1. The zero-order valence-corrected chi connectivity index (χ0v) is 9.75. The Kier molecular flexibility index (Phi) is 2.75. The molecule has 0 aromatic rings. The Balaban J connectivity index is 1.79. The van der Waals surface area contributed by atoms with Crippen LogP contribution in [0.5, 0.6) is 0 Å². The third-order valence-corrected chi connectivity index (χ3v) is 4.15. The lowest BCUT2D eigenvalue weighted by atomic mass is 9.62. The van der Waals surface area contributed by atoms with E-state index in [-0.39, 0.29) is 11.3 Å². The van der Waals surface area contributed by atoms with Gasteiger partial charge in [0.15, 0.2) is 0 Å². The highest BCUT2D eigenvalue weighted by Crippen LogP contribution is 2.45. The molecule has 15 heavy (non-hydrogen) atoms. The summed E-state index contributed by atoms with van der Waals surface area (Å²) in [5.41, 5.74) is 5.50. The molecule has 3 N–H and O–H groups in total. The van der Waals surface area contributed by atoms with Gasteiger partial charge < -0.3 is 11.1 Å². The minimum Gasteiger partial charge on any atom is -0.355 e. The second kappa shape index (κ2) is 3.78. The highest BCUT2D eigenvalue weighted by molar-refractivity contribution is 5.84. The smallest absolute Gasteiger partial charge is 0.227 e. The minimum absolute atomic E-state index is 0.196. The van der Waals surface area contributed by atoms with E-state index in [2.05, 4.69) is 19.2 Å². The molecule has 2 atom stereocenters. The first-order valence-corrected chi connectivity index (χ1v) is 6.06. The summed E-state index contributed by atoms with van der Waals surface area (Å²) >= 11 is 0. The molecule has 86 valence electrons. The van der Waals surface area contributed by atoms with Crippen LogP contribution in [0.25, 0.3) is 0 Å². The summed E-state index contributed by atoms with van der Waals surface area (Å²) in [5, 5.41) is 3.07. The third-order valence-electron chi connectivity index (χ3n) is 4.15. The van der Waals surface area contributed by atoms with E-state index in [9.17, 15) is 4.79 Å². The number of nitrogens with one attached hydrogen (secondary N) is 1. The van der Waals surface area contributed by atoms with Gasteiger partial charge in [0.05, 0.1) is 5.41 Å². The van der Waals surface area contributed by atoms with Crippen molar-refractivity contribution in [2.45, 2.75) is 33.1 Å². The average Bonchev–Trinajstić information content (AvgIpc) is 2.85. The molecule has 2 fully saturated rings. The molecule has 2 aliphatic rings. The summed E-state index contributed by atoms with van der Waals surface area (Å²) in [5.74, 6) is 2.39. The maximum atomic E-state index is 12.0. The van der Waals surface area contributed by atoms with Crippen LogP contribution in [0.1, 0.15) is 33.1 Å². The Morgan fingerprint density at radius 3 is 2.47 bits per heavy atom. The number of hydrogen-bond donors (Lipinski definition) is 2. The topological polar surface area (TPSA) is 55.1 Å². The molecule has 0 aromatic heterocycles. The maximum absolute atomic E-state index is 12.0. The van der Waals surface area contributed by atoms with Gasteiger partial charge in [-0.05, 0) is 37.0 Å². The molecule has 0 aliphatic heterocycles. The summed E-state index contributed by atoms with van der Waals surface area (Å²) in [7, 11) is 0. The third kappa shape index (κ3) is 2.03. The van der Waals surface area contributed by atoms with Crippen LogP contribution in [-0.2, 0) is 4.79 Å². The van der Waals surface area contributed by atoms with Crippen LogP contribution in [0.3, 0.4) is 0 Å². The van der Waals surface area contributed by atoms with E-state index < -0.39 is 0 Å². The van der Waals surface area contributed by atoms with E-state index in [4.69, 9.17) is 5.73 Å². The molecule has 3 nitrogen and oxygen atoms in total. The van der Waals surface area contributed by atoms with Gasteiger partial charge in [-0.15, -0.1) is 0 Å². The Bertz CT molecular complexity index is 258. The SMILES string of the molecule is CC1CC(CN)(C(=O)NCC2CC2C)C1. The lowest BCUT2D eigenvalue weighted by molar-refractivity contribution is -0.138. The second-order valence-electron chi connectivity index (χ2n) is 5.68. The molecule has 0 radical (unpaired) electrons. The summed E-state index contributed by atoms with van der Waals surface area (Å²) in [6.07, 6.45) is 3.21. The highest BCUT2D eigenvalue weighted by atomic mass is 16.2. The van der Waals surface area contributed by atoms with Crippen LogP contribution in [0.4, 0.5) is 0 Å². The van der Waals surface area contributed by atoms with Crippen LogP contribution >= 0.6 is 0 Å². The van der Waals surface area contributed by atoms with E-state index >= 15 is 0 Å². The lowest BCUT2D eigenvalue weighted by Gasteiger charge is -2.44. The van der Waals surface area contributed by atoms with Crippen molar-refractivity contribution in [3.63, 3.8) is 0 Å². The fraction of sp³-hybridized carbons (Fsp3) is 0.917. The van der Waals surface area contributed by atoms with E-state index in [1.54, 1.807) is 0 Å².